The van der Waals surface area contributed by atoms with Crippen LogP contribution in [0.3, 0.4) is 0 Å². The second-order valence-electron chi connectivity index (χ2n) is 10.5. The van der Waals surface area contributed by atoms with Gasteiger partial charge < -0.3 is 24.3 Å². The highest BCUT2D eigenvalue weighted by molar-refractivity contribution is 7.45. The molecule has 1 aliphatic rings. The Morgan fingerprint density at radius 3 is 2.63 bits per heavy atom. The number of carbonyl (C=O) groups is 1. The summed E-state index contributed by atoms with van der Waals surface area (Å²) >= 11 is 0. The molecule has 0 saturated heterocycles. The van der Waals surface area contributed by atoms with E-state index in [0.29, 0.717) is 24.4 Å². The summed E-state index contributed by atoms with van der Waals surface area (Å²) in [5.41, 5.74) is 8.97. The van der Waals surface area contributed by atoms with Crippen molar-refractivity contribution in [2.24, 2.45) is 0 Å². The van der Waals surface area contributed by atoms with Crippen molar-refractivity contribution < 1.29 is 23.3 Å². The van der Waals surface area contributed by atoms with Crippen LogP contribution in [-0.2, 0) is 30.6 Å². The molecule has 0 aliphatic heterocycles. The predicted molar refractivity (Wildman–Crippen MR) is 147 cm³/mol. The molecule has 38 heavy (non-hydrogen) atoms. The van der Waals surface area contributed by atoms with E-state index in [0.717, 1.165) is 30.5 Å². The second-order valence-corrected chi connectivity index (χ2v) is 11.7. The Morgan fingerprint density at radius 1 is 1.21 bits per heavy atom. The fourth-order valence-corrected chi connectivity index (χ4v) is 5.07. The number of esters is 1. The Morgan fingerprint density at radius 2 is 1.97 bits per heavy atom. The largest absolute Gasteiger partial charge is 0.461 e. The van der Waals surface area contributed by atoms with Gasteiger partial charge in [-0.3, -0.25) is 4.79 Å². The highest BCUT2D eigenvalue weighted by Crippen LogP contribution is 2.37. The highest BCUT2D eigenvalue weighted by atomic mass is 31.2. The number of ether oxygens (including phenoxy) is 2. The zero-order valence-electron chi connectivity index (χ0n) is 22.6. The highest BCUT2D eigenvalue weighted by Gasteiger charge is 2.24. The van der Waals surface area contributed by atoms with E-state index in [-0.39, 0.29) is 36.7 Å². The summed E-state index contributed by atoms with van der Waals surface area (Å²) in [6.45, 7) is 6.79. The van der Waals surface area contributed by atoms with Gasteiger partial charge in [0, 0.05) is 12.8 Å². The molecule has 1 fully saturated rings. The number of nitrogens with two attached hydrogens (primary N) is 1. The van der Waals surface area contributed by atoms with Crippen LogP contribution in [0, 0.1) is 0 Å². The third-order valence-electron chi connectivity index (χ3n) is 6.61. The third-order valence-corrected chi connectivity index (χ3v) is 7.78. The zero-order valence-corrected chi connectivity index (χ0v) is 23.4. The Hall–Kier alpha value is -2.78. The van der Waals surface area contributed by atoms with Crippen molar-refractivity contribution in [3.8, 4) is 5.75 Å². The molecule has 4 rings (SSSR count). The van der Waals surface area contributed by atoms with Crippen molar-refractivity contribution in [1.82, 2.24) is 19.7 Å². The summed E-state index contributed by atoms with van der Waals surface area (Å²) < 4.78 is 25.2. The lowest BCUT2D eigenvalue weighted by molar-refractivity contribution is -0.151. The number of aryl methyl sites for hydroxylation is 1. The van der Waals surface area contributed by atoms with E-state index in [1.54, 1.807) is 11.6 Å². The lowest BCUT2D eigenvalue weighted by Crippen LogP contribution is -2.31. The lowest BCUT2D eigenvalue weighted by Gasteiger charge is -2.26. The van der Waals surface area contributed by atoms with E-state index in [1.807, 2.05) is 36.4 Å². The van der Waals surface area contributed by atoms with Crippen LogP contribution in [0.1, 0.15) is 57.7 Å². The van der Waals surface area contributed by atoms with E-state index >= 15 is 0 Å². The molecule has 2 atom stereocenters. The fraction of sp³-hybridized carbons (Fsp3) is 0.519. The minimum absolute atomic E-state index is 0.0111. The SMILES string of the molecule is COC(CCc1ccc2c(N)ncnn12)COP(NCC(=O)OC1CCC1)Oc1ccc(C(C)(C)C)cc1. The molecule has 0 radical (unpaired) electrons. The minimum Gasteiger partial charge on any atom is -0.461 e. The van der Waals surface area contributed by atoms with Crippen molar-refractivity contribution in [3.05, 3.63) is 54.0 Å². The van der Waals surface area contributed by atoms with Gasteiger partial charge in [0.05, 0.1) is 12.7 Å². The normalized spacial score (nSPS) is 15.7. The Balaban J connectivity index is 1.35. The number of nitrogens with one attached hydrogen (secondary N) is 1. The number of hydrogen-bond donors (Lipinski definition) is 2. The van der Waals surface area contributed by atoms with E-state index in [1.165, 1.54) is 11.9 Å². The average Bonchev–Trinajstić information content (AvgIpc) is 3.29. The second kappa shape index (κ2) is 12.8. The number of fused-ring (bicyclic) bond motifs is 1. The zero-order chi connectivity index (χ0) is 27.1. The Bertz CT molecular complexity index is 1190. The first-order valence-electron chi connectivity index (χ1n) is 13.0. The smallest absolute Gasteiger partial charge is 0.320 e. The molecular weight excluding hydrogens is 505 g/mol. The molecule has 0 amide bonds. The van der Waals surface area contributed by atoms with Crippen LogP contribution >= 0.6 is 8.53 Å². The van der Waals surface area contributed by atoms with Gasteiger partial charge in [0.2, 0.25) is 0 Å². The van der Waals surface area contributed by atoms with E-state index < -0.39 is 8.53 Å². The first kappa shape index (κ1) is 28.2. The molecule has 2 aromatic heterocycles. The molecule has 3 aromatic rings. The maximum absolute atomic E-state index is 12.3. The number of methoxy groups -OCH3 is 1. The Kier molecular flexibility index (Phi) is 9.54. The number of hydrogen-bond acceptors (Lipinski definition) is 9. The molecule has 11 heteroatoms. The molecule has 1 saturated carbocycles. The van der Waals surface area contributed by atoms with Crippen molar-refractivity contribution in [3.63, 3.8) is 0 Å². The van der Waals surface area contributed by atoms with Crippen LogP contribution in [0.25, 0.3) is 5.52 Å². The first-order chi connectivity index (χ1) is 18.2. The van der Waals surface area contributed by atoms with Crippen molar-refractivity contribution in [2.45, 2.75) is 70.5 Å². The molecule has 0 bridgehead atoms. The third kappa shape index (κ3) is 7.63. The van der Waals surface area contributed by atoms with Gasteiger partial charge in [-0.2, -0.15) is 5.10 Å². The van der Waals surface area contributed by atoms with Gasteiger partial charge in [0.1, 0.15) is 30.2 Å². The predicted octanol–water partition coefficient (Wildman–Crippen LogP) is 4.56. The van der Waals surface area contributed by atoms with Gasteiger partial charge >= 0.3 is 14.5 Å². The average molecular weight is 544 g/mol. The van der Waals surface area contributed by atoms with Crippen molar-refractivity contribution >= 4 is 25.8 Å². The lowest BCUT2D eigenvalue weighted by atomic mass is 9.87. The number of aromatic nitrogens is 3. The van der Waals surface area contributed by atoms with Crippen LogP contribution in [-0.4, -0.2) is 53.0 Å². The molecule has 1 aliphatic carbocycles. The molecule has 206 valence electrons. The molecular formula is C27H38N5O5P. The molecule has 2 unspecified atom stereocenters. The first-order valence-corrected chi connectivity index (χ1v) is 14.1. The van der Waals surface area contributed by atoms with Crippen LogP contribution in [0.2, 0.25) is 0 Å². The topological polar surface area (TPSA) is 122 Å². The molecule has 0 spiro atoms. The summed E-state index contributed by atoms with van der Waals surface area (Å²) in [5.74, 6) is 0.801. The molecule has 3 N–H and O–H groups in total. The maximum Gasteiger partial charge on any atom is 0.320 e. The van der Waals surface area contributed by atoms with Gasteiger partial charge in [-0.15, -0.1) is 0 Å². The standard InChI is InChI=1S/C27H38N5O5P/c1-27(2,3)19-8-12-22(13-9-19)37-38(31-16-25(33)36-21-6-5-7-21)35-17-23(34-4)14-10-20-11-15-24-26(28)29-18-30-32(20)24/h8-9,11-13,15,18,21,23,31H,5-7,10,14,16-17H2,1-4H3,(H2,28,29,30). The number of nitrogen functional groups attached to an aromatic ring is 1. The van der Waals surface area contributed by atoms with Gasteiger partial charge in [-0.05, 0) is 67.3 Å². The number of carbonyl (C=O) groups excluding carboxylic acids is 1. The van der Waals surface area contributed by atoms with Crippen molar-refractivity contribution in [2.75, 3.05) is 26.0 Å². The van der Waals surface area contributed by atoms with E-state index in [4.69, 9.17) is 24.3 Å². The van der Waals surface area contributed by atoms with Gasteiger partial charge in [-0.1, -0.05) is 32.9 Å². The maximum atomic E-state index is 12.3. The van der Waals surface area contributed by atoms with E-state index in [2.05, 4.69) is 35.9 Å². The van der Waals surface area contributed by atoms with E-state index in [9.17, 15) is 4.79 Å². The van der Waals surface area contributed by atoms with Gasteiger partial charge in [0.15, 0.2) is 5.82 Å². The fourth-order valence-electron chi connectivity index (χ4n) is 3.99. The van der Waals surface area contributed by atoms with Crippen LogP contribution in [0.4, 0.5) is 5.82 Å². The quantitative estimate of drug-likeness (QED) is 0.236. The summed E-state index contributed by atoms with van der Waals surface area (Å²) in [7, 11) is 0.0368. The summed E-state index contributed by atoms with van der Waals surface area (Å²) in [6.07, 6.45) is 5.65. The summed E-state index contributed by atoms with van der Waals surface area (Å²) in [6, 6.07) is 11.8. The number of benzene rings is 1. The van der Waals surface area contributed by atoms with Crippen molar-refractivity contribution in [1.29, 1.82) is 0 Å². The number of anilines is 1. The number of rotatable bonds is 13. The van der Waals surface area contributed by atoms with Gasteiger partial charge in [0.25, 0.3) is 0 Å². The van der Waals surface area contributed by atoms with Crippen LogP contribution < -0.4 is 15.3 Å². The molecule has 1 aromatic carbocycles. The Labute approximate surface area is 225 Å². The van der Waals surface area contributed by atoms with Crippen LogP contribution in [0.15, 0.2) is 42.7 Å². The summed E-state index contributed by atoms with van der Waals surface area (Å²) in [5, 5.41) is 7.40. The minimum atomic E-state index is -1.62. The monoisotopic (exact) mass is 543 g/mol. The summed E-state index contributed by atoms with van der Waals surface area (Å²) in [4.78, 5) is 16.3. The van der Waals surface area contributed by atoms with Crippen LogP contribution in [0.5, 0.6) is 5.75 Å². The number of nitrogens with zero attached hydrogens (tertiary/aromatic N) is 3. The molecule has 2 heterocycles. The molecule has 10 nitrogen and oxygen atoms in total. The van der Waals surface area contributed by atoms with Gasteiger partial charge in [-0.25, -0.2) is 14.6 Å².